The first kappa shape index (κ1) is 19.9. The third-order valence-corrected chi connectivity index (χ3v) is 7.06. The van der Waals surface area contributed by atoms with Gasteiger partial charge in [-0.05, 0) is 37.0 Å². The molecule has 27 heavy (non-hydrogen) atoms. The van der Waals surface area contributed by atoms with Gasteiger partial charge >= 0.3 is 5.97 Å². The minimum atomic E-state index is -1.02. The molecule has 0 radical (unpaired) electrons. The number of nitrogens with two attached hydrogens (primary N) is 1. The van der Waals surface area contributed by atoms with Crippen LogP contribution in [0.25, 0.3) is 0 Å². The predicted molar refractivity (Wildman–Crippen MR) is 107 cm³/mol. The average molecular weight is 406 g/mol. The van der Waals surface area contributed by atoms with E-state index >= 15 is 0 Å². The third-order valence-electron chi connectivity index (χ3n) is 5.05. The number of hydrogen-bond acceptors (Lipinski definition) is 6. The van der Waals surface area contributed by atoms with Gasteiger partial charge in [0.1, 0.15) is 0 Å². The van der Waals surface area contributed by atoms with E-state index in [1.807, 2.05) is 17.0 Å². The molecule has 1 aromatic carbocycles. The molecule has 2 atom stereocenters. The quantitative estimate of drug-likeness (QED) is 0.687. The summed E-state index contributed by atoms with van der Waals surface area (Å²) in [6, 6.07) is 5.91. The zero-order chi connectivity index (χ0) is 19.6. The van der Waals surface area contributed by atoms with Gasteiger partial charge in [0.15, 0.2) is 10.0 Å². The number of carboxylic acid groups (broad SMARTS) is 1. The Morgan fingerprint density at radius 2 is 2.26 bits per heavy atom. The maximum atomic E-state index is 12.4. The van der Waals surface area contributed by atoms with Crippen LogP contribution in [0.1, 0.15) is 46.1 Å². The molecule has 0 spiro atoms. The van der Waals surface area contributed by atoms with Gasteiger partial charge in [0.05, 0.1) is 12.1 Å². The van der Waals surface area contributed by atoms with Crippen molar-refractivity contribution in [2.45, 2.75) is 43.1 Å². The van der Waals surface area contributed by atoms with Crippen molar-refractivity contribution in [3.8, 4) is 0 Å². The van der Waals surface area contributed by atoms with Crippen molar-refractivity contribution in [2.75, 3.05) is 12.3 Å². The number of thiazole rings is 1. The lowest BCUT2D eigenvalue weighted by molar-refractivity contribution is -0.128. The molecular weight excluding hydrogens is 382 g/mol. The number of carbonyl (C=O) groups is 2. The summed E-state index contributed by atoms with van der Waals surface area (Å²) < 4.78 is 0.703. The highest BCUT2D eigenvalue weighted by Gasteiger charge is 2.35. The molecule has 1 aromatic heterocycles. The topological polar surface area (TPSA) is 96.5 Å². The summed E-state index contributed by atoms with van der Waals surface area (Å²) >= 11 is 2.78. The minimum Gasteiger partial charge on any atom is -0.476 e. The zero-order valence-electron chi connectivity index (χ0n) is 15.3. The molecule has 3 rings (SSSR count). The molecule has 0 saturated carbocycles. The number of amides is 1. The standard InChI is InChI=1S/C19H23N3O3S2/c1-11-4-3-5-13(12(11)2)17(20)15-6-7-16(23)22(15)8-9-26-19-21-14(10-27-19)18(24)25/h3-5,10,15,17H,6-9,20H2,1-2H3,(H,24,25)/t15-,17?/m1/s1. The van der Waals surface area contributed by atoms with Crippen molar-refractivity contribution in [2.24, 2.45) is 5.73 Å². The smallest absolute Gasteiger partial charge is 0.355 e. The number of hydrogen-bond donors (Lipinski definition) is 2. The Labute approximate surface area is 166 Å². The first-order valence-corrected chi connectivity index (χ1v) is 10.7. The van der Waals surface area contributed by atoms with E-state index in [2.05, 4.69) is 24.9 Å². The second-order valence-electron chi connectivity index (χ2n) is 6.66. The van der Waals surface area contributed by atoms with Crippen LogP contribution in [0.2, 0.25) is 0 Å². The molecule has 1 saturated heterocycles. The van der Waals surface area contributed by atoms with Gasteiger partial charge in [-0.1, -0.05) is 30.0 Å². The lowest BCUT2D eigenvalue weighted by atomic mass is 9.92. The molecule has 2 heterocycles. The molecule has 3 N–H and O–H groups in total. The zero-order valence-corrected chi connectivity index (χ0v) is 17.0. The fraction of sp³-hybridized carbons (Fsp3) is 0.421. The fourth-order valence-electron chi connectivity index (χ4n) is 3.41. The summed E-state index contributed by atoms with van der Waals surface area (Å²) in [6.45, 7) is 4.72. The van der Waals surface area contributed by atoms with Crippen molar-refractivity contribution in [1.29, 1.82) is 0 Å². The first-order valence-electron chi connectivity index (χ1n) is 8.81. The molecule has 1 unspecified atom stereocenters. The molecule has 8 heteroatoms. The average Bonchev–Trinajstić information content (AvgIpc) is 3.25. The van der Waals surface area contributed by atoms with E-state index in [9.17, 15) is 9.59 Å². The molecule has 1 fully saturated rings. The number of likely N-dealkylation sites (tertiary alicyclic amines) is 1. The van der Waals surface area contributed by atoms with Crippen LogP contribution in [-0.4, -0.2) is 45.2 Å². The Hall–Kier alpha value is -1.90. The molecule has 6 nitrogen and oxygen atoms in total. The van der Waals surface area contributed by atoms with Gasteiger partial charge in [0.25, 0.3) is 0 Å². The van der Waals surface area contributed by atoms with E-state index in [1.165, 1.54) is 39.6 Å². The molecular formula is C19H23N3O3S2. The minimum absolute atomic E-state index is 0.00974. The third kappa shape index (κ3) is 4.34. The summed E-state index contributed by atoms with van der Waals surface area (Å²) in [5.74, 6) is -0.229. The lowest BCUT2D eigenvalue weighted by Gasteiger charge is -2.30. The van der Waals surface area contributed by atoms with Crippen molar-refractivity contribution in [3.63, 3.8) is 0 Å². The van der Waals surface area contributed by atoms with Crippen molar-refractivity contribution in [1.82, 2.24) is 9.88 Å². The summed E-state index contributed by atoms with van der Waals surface area (Å²) in [7, 11) is 0. The second-order valence-corrected chi connectivity index (χ2v) is 8.86. The highest BCUT2D eigenvalue weighted by Crippen LogP contribution is 2.32. The monoisotopic (exact) mass is 405 g/mol. The fourth-order valence-corrected chi connectivity index (χ4v) is 5.22. The van der Waals surface area contributed by atoms with Crippen LogP contribution in [-0.2, 0) is 4.79 Å². The lowest BCUT2D eigenvalue weighted by Crippen LogP contribution is -2.41. The maximum absolute atomic E-state index is 12.4. The summed E-state index contributed by atoms with van der Waals surface area (Å²) in [5.41, 5.74) is 10.1. The SMILES string of the molecule is Cc1cccc(C(N)[C@H]2CCC(=O)N2CCSc2nc(C(=O)O)cs2)c1C. The van der Waals surface area contributed by atoms with Crippen LogP contribution in [0.15, 0.2) is 27.9 Å². The van der Waals surface area contributed by atoms with E-state index < -0.39 is 5.97 Å². The Balaban J connectivity index is 1.65. The van der Waals surface area contributed by atoms with Crippen molar-refractivity contribution < 1.29 is 14.7 Å². The molecule has 144 valence electrons. The number of aryl methyl sites for hydroxylation is 1. The molecule has 0 aliphatic carbocycles. The van der Waals surface area contributed by atoms with Crippen LogP contribution in [0, 0.1) is 13.8 Å². The van der Waals surface area contributed by atoms with Gasteiger partial charge in [-0.3, -0.25) is 4.79 Å². The number of benzene rings is 1. The van der Waals surface area contributed by atoms with E-state index in [4.69, 9.17) is 10.8 Å². The van der Waals surface area contributed by atoms with Gasteiger partial charge in [0.2, 0.25) is 5.91 Å². The highest BCUT2D eigenvalue weighted by atomic mass is 32.2. The predicted octanol–water partition coefficient (Wildman–Crippen LogP) is 3.24. The Morgan fingerprint density at radius 3 is 2.96 bits per heavy atom. The number of carbonyl (C=O) groups excluding carboxylic acids is 1. The number of rotatable bonds is 7. The Kier molecular flexibility index (Phi) is 6.18. The van der Waals surface area contributed by atoms with Crippen molar-refractivity contribution >= 4 is 35.0 Å². The van der Waals surface area contributed by atoms with Gasteiger partial charge < -0.3 is 15.7 Å². The second kappa shape index (κ2) is 8.41. The number of carboxylic acids is 1. The maximum Gasteiger partial charge on any atom is 0.355 e. The van der Waals surface area contributed by atoms with Gasteiger partial charge in [-0.25, -0.2) is 9.78 Å². The summed E-state index contributed by atoms with van der Waals surface area (Å²) in [5, 5.41) is 10.5. The van der Waals surface area contributed by atoms with E-state index in [1.54, 1.807) is 0 Å². The van der Waals surface area contributed by atoms with Crippen LogP contribution >= 0.6 is 23.1 Å². The molecule has 2 aromatic rings. The highest BCUT2D eigenvalue weighted by molar-refractivity contribution is 8.01. The van der Waals surface area contributed by atoms with Crippen LogP contribution in [0.3, 0.4) is 0 Å². The van der Waals surface area contributed by atoms with Crippen molar-refractivity contribution in [3.05, 3.63) is 46.0 Å². The molecule has 1 amide bonds. The largest absolute Gasteiger partial charge is 0.476 e. The normalized spacial score (nSPS) is 18.1. The Bertz CT molecular complexity index is 852. The van der Waals surface area contributed by atoms with Crippen LogP contribution in [0.4, 0.5) is 0 Å². The van der Waals surface area contributed by atoms with Gasteiger partial charge in [0, 0.05) is 24.1 Å². The number of aromatic nitrogens is 1. The van der Waals surface area contributed by atoms with E-state index in [-0.39, 0.29) is 23.7 Å². The molecule has 1 aliphatic rings. The van der Waals surface area contributed by atoms with Crippen LogP contribution in [0.5, 0.6) is 0 Å². The summed E-state index contributed by atoms with van der Waals surface area (Å²) in [6.07, 6.45) is 1.28. The van der Waals surface area contributed by atoms with E-state index in [0.717, 1.165) is 12.0 Å². The van der Waals surface area contributed by atoms with E-state index in [0.29, 0.717) is 23.1 Å². The van der Waals surface area contributed by atoms with Gasteiger partial charge in [-0.15, -0.1) is 11.3 Å². The van der Waals surface area contributed by atoms with Gasteiger partial charge in [-0.2, -0.15) is 0 Å². The first-order chi connectivity index (χ1) is 12.9. The van der Waals surface area contributed by atoms with Crippen LogP contribution < -0.4 is 5.73 Å². The number of nitrogens with zero attached hydrogens (tertiary/aromatic N) is 2. The number of aromatic carboxylic acids is 1. The molecule has 1 aliphatic heterocycles. The number of thioether (sulfide) groups is 1. The Morgan fingerprint density at radius 1 is 1.48 bits per heavy atom. The summed E-state index contributed by atoms with van der Waals surface area (Å²) in [4.78, 5) is 29.2. The molecule has 0 bridgehead atoms.